The maximum absolute atomic E-state index is 13.9. The molecule has 5 heteroatoms. The van der Waals surface area contributed by atoms with Crippen LogP contribution in [0, 0.1) is 11.7 Å². The van der Waals surface area contributed by atoms with Gasteiger partial charge >= 0.3 is 5.97 Å². The fourth-order valence-corrected chi connectivity index (χ4v) is 2.74. The lowest BCUT2D eigenvalue weighted by Gasteiger charge is -2.31. The van der Waals surface area contributed by atoms with Crippen LogP contribution in [0.3, 0.4) is 0 Å². The maximum Gasteiger partial charge on any atom is 0.307 e. The third-order valence-electron chi connectivity index (χ3n) is 4.10. The third kappa shape index (κ3) is 3.80. The Hall–Kier alpha value is -1.91. The third-order valence-corrected chi connectivity index (χ3v) is 4.10. The minimum atomic E-state index is -0.997. The molecule has 0 aromatic heterocycles. The molecule has 21 heavy (non-hydrogen) atoms. The quantitative estimate of drug-likeness (QED) is 0.928. The number of hydrogen-bond donors (Lipinski definition) is 1. The van der Waals surface area contributed by atoms with Crippen LogP contribution in [0.15, 0.2) is 18.2 Å². The van der Waals surface area contributed by atoms with Crippen molar-refractivity contribution in [2.45, 2.75) is 32.6 Å². The zero-order chi connectivity index (χ0) is 15.4. The average Bonchev–Trinajstić information content (AvgIpc) is 2.48. The van der Waals surface area contributed by atoms with Gasteiger partial charge in [-0.3, -0.25) is 9.59 Å². The zero-order valence-corrected chi connectivity index (χ0v) is 12.1. The van der Waals surface area contributed by atoms with Crippen LogP contribution < -0.4 is 0 Å². The number of aliphatic carboxylic acids is 1. The number of amides is 1. The molecule has 0 aliphatic carbocycles. The van der Waals surface area contributed by atoms with E-state index in [-0.39, 0.29) is 17.9 Å². The topological polar surface area (TPSA) is 57.6 Å². The highest BCUT2D eigenvalue weighted by Gasteiger charge is 2.24. The summed E-state index contributed by atoms with van der Waals surface area (Å²) in [5, 5.41) is 8.78. The number of benzene rings is 1. The van der Waals surface area contributed by atoms with E-state index in [4.69, 9.17) is 5.11 Å². The van der Waals surface area contributed by atoms with Crippen molar-refractivity contribution < 1.29 is 19.1 Å². The van der Waals surface area contributed by atoms with Gasteiger partial charge in [0.2, 0.25) is 0 Å². The van der Waals surface area contributed by atoms with Crippen molar-refractivity contribution in [1.29, 1.82) is 0 Å². The molecule has 114 valence electrons. The number of likely N-dealkylation sites (tertiary alicyclic amines) is 1. The number of hydrogen-bond acceptors (Lipinski definition) is 2. The minimum absolute atomic E-state index is 0.0244. The van der Waals surface area contributed by atoms with Gasteiger partial charge in [0.15, 0.2) is 0 Å². The largest absolute Gasteiger partial charge is 0.481 e. The van der Waals surface area contributed by atoms with Crippen LogP contribution >= 0.6 is 0 Å². The Morgan fingerprint density at radius 1 is 1.33 bits per heavy atom. The fourth-order valence-electron chi connectivity index (χ4n) is 2.74. The van der Waals surface area contributed by atoms with E-state index < -0.39 is 11.8 Å². The Labute approximate surface area is 123 Å². The smallest absolute Gasteiger partial charge is 0.307 e. The van der Waals surface area contributed by atoms with Crippen LogP contribution in [0.4, 0.5) is 4.39 Å². The molecule has 1 aromatic rings. The molecule has 0 bridgehead atoms. The van der Waals surface area contributed by atoms with Crippen molar-refractivity contribution in [3.63, 3.8) is 0 Å². The summed E-state index contributed by atoms with van der Waals surface area (Å²) in [6.45, 7) is 3.41. The number of carboxylic acid groups (broad SMARTS) is 1. The van der Waals surface area contributed by atoms with Gasteiger partial charge in [-0.1, -0.05) is 19.4 Å². The zero-order valence-electron chi connectivity index (χ0n) is 12.1. The van der Waals surface area contributed by atoms with Crippen molar-refractivity contribution >= 4 is 11.9 Å². The fraction of sp³-hybridized carbons (Fsp3) is 0.500. The normalized spacial score (nSPS) is 16.0. The van der Waals surface area contributed by atoms with Gasteiger partial charge in [0, 0.05) is 13.1 Å². The molecule has 0 spiro atoms. The summed E-state index contributed by atoms with van der Waals surface area (Å²) in [5.41, 5.74) is 0.416. The predicted octanol–water partition coefficient (Wildman–Crippen LogP) is 2.72. The Balaban J connectivity index is 2.13. The molecule has 0 saturated carbocycles. The van der Waals surface area contributed by atoms with Crippen LogP contribution in [0.25, 0.3) is 0 Å². The van der Waals surface area contributed by atoms with Crippen molar-refractivity contribution in [3.05, 3.63) is 35.1 Å². The summed E-state index contributed by atoms with van der Waals surface area (Å²) >= 11 is 0. The first kappa shape index (κ1) is 15.5. The standard InChI is InChI=1S/C16H20FNO3/c1-2-11-5-7-18(8-6-11)16(21)13-9-12(10-15(19)20)3-4-14(13)17/h3-4,9,11H,2,5-8,10H2,1H3,(H,19,20). The lowest BCUT2D eigenvalue weighted by molar-refractivity contribution is -0.136. The Morgan fingerprint density at radius 2 is 2.00 bits per heavy atom. The summed E-state index contributed by atoms with van der Waals surface area (Å²) in [5.74, 6) is -1.29. The van der Waals surface area contributed by atoms with Gasteiger partial charge in [0.05, 0.1) is 12.0 Å². The molecule has 1 heterocycles. The number of halogens is 1. The summed E-state index contributed by atoms with van der Waals surface area (Å²) in [6, 6.07) is 3.94. The molecule has 0 atom stereocenters. The van der Waals surface area contributed by atoms with Gasteiger partial charge in [-0.2, -0.15) is 0 Å². The second-order valence-electron chi connectivity index (χ2n) is 5.53. The number of carboxylic acids is 1. The molecule has 1 aliphatic rings. The molecule has 0 radical (unpaired) electrons. The molecule has 1 aliphatic heterocycles. The van der Waals surface area contributed by atoms with Gasteiger partial charge < -0.3 is 10.0 Å². The van der Waals surface area contributed by atoms with Crippen molar-refractivity contribution in [2.24, 2.45) is 5.92 Å². The van der Waals surface area contributed by atoms with Crippen molar-refractivity contribution in [3.8, 4) is 0 Å². The van der Waals surface area contributed by atoms with Crippen LogP contribution in [0.5, 0.6) is 0 Å². The first-order valence-electron chi connectivity index (χ1n) is 7.30. The van der Waals surface area contributed by atoms with Gasteiger partial charge in [-0.15, -0.1) is 0 Å². The molecule has 0 unspecified atom stereocenters. The van der Waals surface area contributed by atoms with Gasteiger partial charge in [-0.05, 0) is 36.5 Å². The first-order chi connectivity index (χ1) is 10.0. The van der Waals surface area contributed by atoms with E-state index in [1.54, 1.807) is 4.90 Å². The van der Waals surface area contributed by atoms with Crippen LogP contribution in [0.2, 0.25) is 0 Å². The lowest BCUT2D eigenvalue weighted by Crippen LogP contribution is -2.38. The van der Waals surface area contributed by atoms with Crippen LogP contribution in [-0.4, -0.2) is 35.0 Å². The van der Waals surface area contributed by atoms with E-state index >= 15 is 0 Å². The molecule has 1 saturated heterocycles. The van der Waals surface area contributed by atoms with Crippen molar-refractivity contribution in [1.82, 2.24) is 4.90 Å². The highest BCUT2D eigenvalue weighted by atomic mass is 19.1. The molecular weight excluding hydrogens is 273 g/mol. The number of carbonyl (C=O) groups excluding carboxylic acids is 1. The van der Waals surface area contributed by atoms with E-state index in [0.717, 1.165) is 19.3 Å². The van der Waals surface area contributed by atoms with Crippen LogP contribution in [0.1, 0.15) is 42.1 Å². The molecular formula is C16H20FNO3. The summed E-state index contributed by atoms with van der Waals surface area (Å²) in [4.78, 5) is 24.8. The predicted molar refractivity (Wildman–Crippen MR) is 76.7 cm³/mol. The van der Waals surface area contributed by atoms with Crippen molar-refractivity contribution in [2.75, 3.05) is 13.1 Å². The maximum atomic E-state index is 13.9. The number of carbonyl (C=O) groups is 2. The Kier molecular flexibility index (Phi) is 4.94. The monoisotopic (exact) mass is 293 g/mol. The van der Waals surface area contributed by atoms with E-state index in [1.165, 1.54) is 18.2 Å². The molecule has 1 aromatic carbocycles. The molecule has 1 amide bonds. The van der Waals surface area contributed by atoms with E-state index in [2.05, 4.69) is 6.92 Å². The summed E-state index contributed by atoms with van der Waals surface area (Å²) in [6.07, 6.45) is 2.78. The first-order valence-corrected chi connectivity index (χ1v) is 7.30. The van der Waals surface area contributed by atoms with E-state index in [9.17, 15) is 14.0 Å². The number of nitrogens with zero attached hydrogens (tertiary/aromatic N) is 1. The van der Waals surface area contributed by atoms with E-state index in [1.807, 2.05) is 0 Å². The Bertz CT molecular complexity index is 536. The van der Waals surface area contributed by atoms with Gasteiger partial charge in [0.1, 0.15) is 5.82 Å². The van der Waals surface area contributed by atoms with Gasteiger partial charge in [0.25, 0.3) is 5.91 Å². The number of rotatable bonds is 4. The second-order valence-corrected chi connectivity index (χ2v) is 5.53. The highest BCUT2D eigenvalue weighted by Crippen LogP contribution is 2.22. The number of piperidine rings is 1. The average molecular weight is 293 g/mol. The van der Waals surface area contributed by atoms with E-state index in [0.29, 0.717) is 24.6 Å². The van der Waals surface area contributed by atoms with Gasteiger partial charge in [-0.25, -0.2) is 4.39 Å². The summed E-state index contributed by atoms with van der Waals surface area (Å²) in [7, 11) is 0. The Morgan fingerprint density at radius 3 is 2.57 bits per heavy atom. The lowest BCUT2D eigenvalue weighted by atomic mass is 9.94. The molecule has 4 nitrogen and oxygen atoms in total. The minimum Gasteiger partial charge on any atom is -0.481 e. The summed E-state index contributed by atoms with van der Waals surface area (Å²) < 4.78 is 13.9. The highest BCUT2D eigenvalue weighted by molar-refractivity contribution is 5.95. The molecule has 2 rings (SSSR count). The molecule has 1 fully saturated rings. The second kappa shape index (κ2) is 6.70. The molecule has 1 N–H and O–H groups in total. The van der Waals surface area contributed by atoms with Crippen LogP contribution in [-0.2, 0) is 11.2 Å². The SMILES string of the molecule is CCC1CCN(C(=O)c2cc(CC(=O)O)ccc2F)CC1.